The van der Waals surface area contributed by atoms with Crippen molar-refractivity contribution in [2.24, 2.45) is 23.7 Å². The van der Waals surface area contributed by atoms with Crippen LogP contribution in [-0.4, -0.2) is 96.7 Å². The molecule has 0 bridgehead atoms. The third-order valence-electron chi connectivity index (χ3n) is 17.3. The Labute approximate surface area is 575 Å². The van der Waals surface area contributed by atoms with E-state index in [2.05, 4.69) is 55.4 Å². The van der Waals surface area contributed by atoms with Crippen molar-refractivity contribution >= 4 is 39.5 Å². The number of unbranched alkanes of at least 4 members (excludes halogenated alkanes) is 38. The molecule has 3 unspecified atom stereocenters. The second-order valence-electron chi connectivity index (χ2n) is 28.9. The topological polar surface area (TPSA) is 237 Å². The van der Waals surface area contributed by atoms with E-state index in [4.69, 9.17) is 37.0 Å². The summed E-state index contributed by atoms with van der Waals surface area (Å²) < 4.78 is 68.4. The minimum atomic E-state index is -4.95. The molecule has 0 saturated carbocycles. The molecule has 0 aromatic rings. The maximum Gasteiger partial charge on any atom is 0.472 e. The molecule has 0 aliphatic rings. The van der Waals surface area contributed by atoms with E-state index >= 15 is 0 Å². The van der Waals surface area contributed by atoms with Crippen LogP contribution in [0.5, 0.6) is 0 Å². The lowest BCUT2D eigenvalue weighted by atomic mass is 10.0. The summed E-state index contributed by atoms with van der Waals surface area (Å²) in [5.41, 5.74) is 0. The van der Waals surface area contributed by atoms with Crippen LogP contribution >= 0.6 is 15.6 Å². The molecule has 0 aromatic heterocycles. The van der Waals surface area contributed by atoms with Crippen molar-refractivity contribution in [1.82, 2.24) is 0 Å². The molecule has 5 atom stereocenters. The van der Waals surface area contributed by atoms with Gasteiger partial charge in [0.1, 0.15) is 19.3 Å². The third kappa shape index (κ3) is 68.6. The molecule has 0 heterocycles. The van der Waals surface area contributed by atoms with Gasteiger partial charge in [-0.25, -0.2) is 9.13 Å². The fraction of sp³-hybridized carbons (Fsp3) is 0.947. The number of phosphoric acid groups is 2. The molecule has 3 N–H and O–H groups in total. The first-order valence-corrected chi connectivity index (χ1v) is 41.7. The zero-order valence-corrected chi connectivity index (χ0v) is 63.4. The highest BCUT2D eigenvalue weighted by Gasteiger charge is 2.30. The summed E-state index contributed by atoms with van der Waals surface area (Å²) in [5.74, 6) is 0.821. The van der Waals surface area contributed by atoms with Crippen molar-refractivity contribution in [1.29, 1.82) is 0 Å². The molecule has 558 valence electrons. The average molecular weight is 1380 g/mol. The molecule has 17 nitrogen and oxygen atoms in total. The molecule has 0 aliphatic carbocycles. The van der Waals surface area contributed by atoms with Crippen LogP contribution in [0, 0.1) is 23.7 Å². The zero-order valence-electron chi connectivity index (χ0n) is 61.6. The maximum absolute atomic E-state index is 13.0. The van der Waals surface area contributed by atoms with Crippen LogP contribution in [0.15, 0.2) is 0 Å². The second kappa shape index (κ2) is 64.4. The molecule has 0 saturated heterocycles. The summed E-state index contributed by atoms with van der Waals surface area (Å²) >= 11 is 0. The maximum atomic E-state index is 13.0. The highest BCUT2D eigenvalue weighted by molar-refractivity contribution is 7.47. The Kier molecular flexibility index (Phi) is 63.1. The number of aliphatic hydroxyl groups excluding tert-OH is 1. The van der Waals surface area contributed by atoms with Crippen molar-refractivity contribution in [3.63, 3.8) is 0 Å². The highest BCUT2D eigenvalue weighted by atomic mass is 31.2. The van der Waals surface area contributed by atoms with Crippen LogP contribution in [0.2, 0.25) is 0 Å². The summed E-state index contributed by atoms with van der Waals surface area (Å²) in [6.07, 6.45) is 49.1. The van der Waals surface area contributed by atoms with Gasteiger partial charge in [-0.05, 0) is 49.4 Å². The Hall–Kier alpha value is -1.94. The van der Waals surface area contributed by atoms with E-state index in [1.807, 2.05) is 0 Å². The zero-order chi connectivity index (χ0) is 69.6. The Balaban J connectivity index is 5.13. The number of carbonyl (C=O) groups excluding carboxylic acids is 4. The second-order valence-corrected chi connectivity index (χ2v) is 31.9. The Morgan fingerprint density at radius 3 is 0.660 bits per heavy atom. The molecule has 0 fully saturated rings. The quantitative estimate of drug-likeness (QED) is 0.0222. The van der Waals surface area contributed by atoms with Gasteiger partial charge in [0.25, 0.3) is 0 Å². The van der Waals surface area contributed by atoms with Gasteiger partial charge in [-0.2, -0.15) is 0 Å². The number of phosphoric ester groups is 2. The highest BCUT2D eigenvalue weighted by Crippen LogP contribution is 2.45. The van der Waals surface area contributed by atoms with Crippen molar-refractivity contribution < 1.29 is 80.2 Å². The lowest BCUT2D eigenvalue weighted by Crippen LogP contribution is -2.30. The average Bonchev–Trinajstić information content (AvgIpc) is 1.86. The Bertz CT molecular complexity index is 1850. The first-order chi connectivity index (χ1) is 45.1. The molecule has 0 aromatic carbocycles. The first-order valence-electron chi connectivity index (χ1n) is 38.7. The molecule has 0 radical (unpaired) electrons. The summed E-state index contributed by atoms with van der Waals surface area (Å²) in [4.78, 5) is 72.6. The fourth-order valence-electron chi connectivity index (χ4n) is 11.4. The third-order valence-corrected chi connectivity index (χ3v) is 19.2. The molecule has 0 spiro atoms. The number of carbonyl (C=O) groups is 4. The Morgan fingerprint density at radius 2 is 0.447 bits per heavy atom. The van der Waals surface area contributed by atoms with E-state index in [0.717, 1.165) is 108 Å². The number of aliphatic hydroxyl groups is 1. The van der Waals surface area contributed by atoms with Crippen molar-refractivity contribution in [2.75, 3.05) is 39.6 Å². The Morgan fingerprint density at radius 1 is 0.266 bits per heavy atom. The van der Waals surface area contributed by atoms with Crippen LogP contribution in [0.1, 0.15) is 376 Å². The molecular formula is C75H146O17P2. The monoisotopic (exact) mass is 1380 g/mol. The van der Waals surface area contributed by atoms with Crippen LogP contribution < -0.4 is 0 Å². The number of rotatable bonds is 72. The standard InChI is InChI=1S/C75H146O17P2/c1-65(2)51-43-35-27-23-19-15-13-11-9-10-12-14-16-22-26-30-41-49-57-74(79)91-70(62-86-73(78)56-48-40-33-31-37-45-53-67(5)6)63-89-93(81,82)87-59-69(76)60-88-94(83,84)90-64-71(92-75(80)58-50-42-34-32-38-46-54-68(7)8)61-85-72(77)55-47-39-29-25-21-18-17-20-24-28-36-44-52-66(3)4/h65-71,76H,9-64H2,1-8H3,(H,81,82)(H,83,84)/t69?,70-,71-/m1/s1. The molecule has 0 rings (SSSR count). The van der Waals surface area contributed by atoms with Gasteiger partial charge in [-0.15, -0.1) is 0 Å². The molecule has 0 aliphatic heterocycles. The van der Waals surface area contributed by atoms with Crippen LogP contribution in [0.4, 0.5) is 0 Å². The lowest BCUT2D eigenvalue weighted by molar-refractivity contribution is -0.161. The molecule has 19 heteroatoms. The van der Waals surface area contributed by atoms with Gasteiger partial charge < -0.3 is 33.8 Å². The molecule has 94 heavy (non-hydrogen) atoms. The van der Waals surface area contributed by atoms with Crippen molar-refractivity contribution in [3.05, 3.63) is 0 Å². The van der Waals surface area contributed by atoms with Crippen LogP contribution in [0.3, 0.4) is 0 Å². The molecular weight excluding hydrogens is 1230 g/mol. The van der Waals surface area contributed by atoms with Crippen molar-refractivity contribution in [3.8, 4) is 0 Å². The minimum absolute atomic E-state index is 0.102. The van der Waals surface area contributed by atoms with Gasteiger partial charge >= 0.3 is 39.5 Å². The predicted octanol–water partition coefficient (Wildman–Crippen LogP) is 21.7. The fourth-order valence-corrected chi connectivity index (χ4v) is 13.0. The summed E-state index contributed by atoms with van der Waals surface area (Å²) in [5, 5.41) is 10.6. The van der Waals surface area contributed by atoms with Crippen LogP contribution in [0.25, 0.3) is 0 Å². The van der Waals surface area contributed by atoms with Gasteiger partial charge in [0.15, 0.2) is 12.2 Å². The van der Waals surface area contributed by atoms with E-state index < -0.39 is 97.5 Å². The normalized spacial score (nSPS) is 14.2. The minimum Gasteiger partial charge on any atom is -0.462 e. The van der Waals surface area contributed by atoms with E-state index in [-0.39, 0.29) is 25.7 Å². The number of hydrogen-bond acceptors (Lipinski definition) is 15. The van der Waals surface area contributed by atoms with E-state index in [1.54, 1.807) is 0 Å². The summed E-state index contributed by atoms with van der Waals surface area (Å²) in [6.45, 7) is 14.1. The van der Waals surface area contributed by atoms with E-state index in [1.165, 1.54) is 173 Å². The van der Waals surface area contributed by atoms with Gasteiger partial charge in [-0.1, -0.05) is 325 Å². The van der Waals surface area contributed by atoms with E-state index in [0.29, 0.717) is 37.5 Å². The van der Waals surface area contributed by atoms with Gasteiger partial charge in [0, 0.05) is 25.7 Å². The van der Waals surface area contributed by atoms with Gasteiger partial charge in [-0.3, -0.25) is 37.3 Å². The number of esters is 4. The smallest absolute Gasteiger partial charge is 0.462 e. The molecule has 0 amide bonds. The predicted molar refractivity (Wildman–Crippen MR) is 381 cm³/mol. The van der Waals surface area contributed by atoms with Crippen molar-refractivity contribution in [2.45, 2.75) is 395 Å². The summed E-state index contributed by atoms with van der Waals surface area (Å²) in [6, 6.07) is 0. The van der Waals surface area contributed by atoms with Gasteiger partial charge in [0.05, 0.1) is 26.4 Å². The van der Waals surface area contributed by atoms with Gasteiger partial charge in [0.2, 0.25) is 0 Å². The first kappa shape index (κ1) is 92.1. The lowest BCUT2D eigenvalue weighted by Gasteiger charge is -2.21. The largest absolute Gasteiger partial charge is 0.472 e. The van der Waals surface area contributed by atoms with Crippen LogP contribution in [-0.2, 0) is 65.4 Å². The SMILES string of the molecule is CC(C)CCCCCCCCCCCCCCCCCCCCC(=O)O[C@H](COC(=O)CCCCCCCCC(C)C)COP(=O)(O)OCC(O)COP(=O)(O)OC[C@@H](COC(=O)CCCCCCCCCCCCCCC(C)C)OC(=O)CCCCCCCCC(C)C. The summed E-state index contributed by atoms with van der Waals surface area (Å²) in [7, 11) is -9.91. The van der Waals surface area contributed by atoms with E-state index in [9.17, 15) is 43.2 Å². The number of hydrogen-bond donors (Lipinski definition) is 3. The number of ether oxygens (including phenoxy) is 4.